The summed E-state index contributed by atoms with van der Waals surface area (Å²) < 4.78 is 4.89. The first-order chi connectivity index (χ1) is 15.8. The number of hydrogen-bond acceptors (Lipinski definition) is 0. The molecule has 0 saturated carbocycles. The van der Waals surface area contributed by atoms with Crippen molar-refractivity contribution in [1.29, 1.82) is 0 Å². The van der Waals surface area contributed by atoms with Crippen LogP contribution in [0.2, 0.25) is 0 Å². The molecule has 3 aromatic carbocycles. The fourth-order valence-electron chi connectivity index (χ4n) is 5.93. The number of aromatic nitrogens is 2. The maximum absolute atomic E-state index is 2.57. The molecule has 0 spiro atoms. The number of rotatable bonds is 3. The van der Waals surface area contributed by atoms with Gasteiger partial charge in [-0.2, -0.15) is 0 Å². The lowest BCUT2D eigenvalue weighted by atomic mass is 9.94. The van der Waals surface area contributed by atoms with E-state index in [0.29, 0.717) is 11.8 Å². The predicted octanol–water partition coefficient (Wildman–Crippen LogP) is 7.75. The summed E-state index contributed by atoms with van der Waals surface area (Å²) in [4.78, 5) is 0. The second kappa shape index (κ2) is 6.93. The Kier molecular flexibility index (Phi) is 4.30. The molecule has 0 fully saturated rings. The molecule has 33 heavy (non-hydrogen) atoms. The maximum Gasteiger partial charge on any atom is 0.224 e. The van der Waals surface area contributed by atoms with Gasteiger partial charge in [-0.3, -0.25) is 0 Å². The van der Waals surface area contributed by atoms with Crippen LogP contribution in [0.4, 0.5) is 0 Å². The van der Waals surface area contributed by atoms with Gasteiger partial charge in [-0.25, -0.2) is 4.57 Å². The SMILES string of the molecule is Cc1cc2c3cc(C(C)C)ccc3n3c4cc(CC(C)C)cc5cc[n+](C)c(c(c1C)c23)c54. The fourth-order valence-corrected chi connectivity index (χ4v) is 5.93. The van der Waals surface area contributed by atoms with Crippen molar-refractivity contribution in [2.24, 2.45) is 13.0 Å². The molecule has 0 N–H and O–H groups in total. The summed E-state index contributed by atoms with van der Waals surface area (Å²) in [6.07, 6.45) is 3.34. The summed E-state index contributed by atoms with van der Waals surface area (Å²) in [5, 5.41) is 6.86. The minimum Gasteiger partial charge on any atom is -0.307 e. The summed E-state index contributed by atoms with van der Waals surface area (Å²) in [6.45, 7) is 13.8. The van der Waals surface area contributed by atoms with Gasteiger partial charge in [-0.1, -0.05) is 39.8 Å². The van der Waals surface area contributed by atoms with Crippen LogP contribution < -0.4 is 4.57 Å². The lowest BCUT2D eigenvalue weighted by Gasteiger charge is -2.16. The molecule has 2 nitrogen and oxygen atoms in total. The van der Waals surface area contributed by atoms with E-state index in [1.165, 1.54) is 71.3 Å². The van der Waals surface area contributed by atoms with Crippen molar-refractivity contribution < 1.29 is 4.57 Å². The third-order valence-corrected chi connectivity index (χ3v) is 7.66. The van der Waals surface area contributed by atoms with Crippen LogP contribution in [0, 0.1) is 19.8 Å². The van der Waals surface area contributed by atoms with Crippen molar-refractivity contribution in [3.05, 3.63) is 70.9 Å². The number of nitrogens with zero attached hydrogens (tertiary/aromatic N) is 2. The van der Waals surface area contributed by atoms with Crippen LogP contribution in [0.25, 0.3) is 49.0 Å². The largest absolute Gasteiger partial charge is 0.307 e. The summed E-state index contributed by atoms with van der Waals surface area (Å²) in [7, 11) is 2.20. The number of pyridine rings is 2. The standard InChI is InChI=1S/C31H33N2/c1-17(2)12-21-14-23-10-11-32(7)31-28-20(6)19(5)13-25-24-16-22(18(3)4)8-9-26(24)33(30(25)28)27(15-21)29(23)31/h8-11,13-18H,12H2,1-7H3/q+1. The number of hydrogen-bond donors (Lipinski definition) is 0. The van der Waals surface area contributed by atoms with Gasteiger partial charge in [0, 0.05) is 16.8 Å². The van der Waals surface area contributed by atoms with Crippen molar-refractivity contribution in [1.82, 2.24) is 4.40 Å². The van der Waals surface area contributed by atoms with Gasteiger partial charge in [0.25, 0.3) is 0 Å². The van der Waals surface area contributed by atoms with Gasteiger partial charge in [0.2, 0.25) is 5.52 Å². The van der Waals surface area contributed by atoms with Crippen molar-refractivity contribution in [3.63, 3.8) is 0 Å². The summed E-state index contributed by atoms with van der Waals surface area (Å²) in [5.41, 5.74) is 11.0. The topological polar surface area (TPSA) is 8.29 Å². The Hall–Kier alpha value is -3.13. The summed E-state index contributed by atoms with van der Waals surface area (Å²) >= 11 is 0. The van der Waals surface area contributed by atoms with Gasteiger partial charge in [0.1, 0.15) is 7.05 Å². The van der Waals surface area contributed by atoms with Gasteiger partial charge >= 0.3 is 0 Å². The minimum absolute atomic E-state index is 0.514. The van der Waals surface area contributed by atoms with Crippen LogP contribution in [0.3, 0.4) is 0 Å². The predicted molar refractivity (Wildman–Crippen MR) is 142 cm³/mol. The molecule has 0 radical (unpaired) electrons. The van der Waals surface area contributed by atoms with E-state index in [9.17, 15) is 0 Å². The third-order valence-electron chi connectivity index (χ3n) is 7.66. The molecule has 6 aromatic rings. The van der Waals surface area contributed by atoms with E-state index in [1.54, 1.807) is 0 Å². The molecule has 0 aliphatic rings. The fraction of sp³-hybridized carbons (Fsp3) is 0.323. The van der Waals surface area contributed by atoms with Crippen LogP contribution >= 0.6 is 0 Å². The zero-order chi connectivity index (χ0) is 23.2. The lowest BCUT2D eigenvalue weighted by molar-refractivity contribution is -0.643. The second-order valence-electron chi connectivity index (χ2n) is 10.8. The van der Waals surface area contributed by atoms with E-state index >= 15 is 0 Å². The maximum atomic E-state index is 2.57. The molecule has 0 unspecified atom stereocenters. The molecule has 6 rings (SSSR count). The molecule has 2 heteroatoms. The molecule has 0 saturated heterocycles. The molecule has 0 amide bonds. The van der Waals surface area contributed by atoms with E-state index in [-0.39, 0.29) is 0 Å². The van der Waals surface area contributed by atoms with E-state index in [2.05, 4.69) is 106 Å². The van der Waals surface area contributed by atoms with Crippen LogP contribution in [-0.4, -0.2) is 4.40 Å². The molecule has 0 atom stereocenters. The molecular weight excluding hydrogens is 400 g/mol. The molecule has 3 heterocycles. The highest BCUT2D eigenvalue weighted by atomic mass is 15.0. The van der Waals surface area contributed by atoms with E-state index in [4.69, 9.17) is 0 Å². The van der Waals surface area contributed by atoms with Crippen molar-refractivity contribution >= 4 is 49.0 Å². The highest BCUT2D eigenvalue weighted by Gasteiger charge is 2.25. The first-order valence-corrected chi connectivity index (χ1v) is 12.3. The highest BCUT2D eigenvalue weighted by molar-refractivity contribution is 6.26. The van der Waals surface area contributed by atoms with Crippen molar-refractivity contribution in [2.45, 2.75) is 53.9 Å². The van der Waals surface area contributed by atoms with Crippen molar-refractivity contribution in [2.75, 3.05) is 0 Å². The van der Waals surface area contributed by atoms with Crippen LogP contribution in [0.15, 0.2) is 48.7 Å². The molecule has 0 bridgehead atoms. The molecular formula is C31H33N2+. The Morgan fingerprint density at radius 1 is 0.848 bits per heavy atom. The summed E-state index contributed by atoms with van der Waals surface area (Å²) in [5.74, 6) is 1.14. The lowest BCUT2D eigenvalue weighted by Crippen LogP contribution is -2.29. The van der Waals surface area contributed by atoms with Gasteiger partial charge in [-0.05, 0) is 84.0 Å². The molecule has 166 valence electrons. The van der Waals surface area contributed by atoms with E-state index in [1.807, 2.05) is 0 Å². The Morgan fingerprint density at radius 3 is 2.36 bits per heavy atom. The highest BCUT2D eigenvalue weighted by Crippen LogP contribution is 2.42. The molecule has 0 aliphatic carbocycles. The normalized spacial score (nSPS) is 12.8. The average molecular weight is 434 g/mol. The number of aryl methyl sites for hydroxylation is 3. The summed E-state index contributed by atoms with van der Waals surface area (Å²) in [6, 6.07) is 16.7. The van der Waals surface area contributed by atoms with Gasteiger partial charge in [0.05, 0.1) is 27.3 Å². The first-order valence-electron chi connectivity index (χ1n) is 12.3. The first kappa shape index (κ1) is 20.5. The quantitative estimate of drug-likeness (QED) is 0.153. The third kappa shape index (κ3) is 2.76. The number of benzene rings is 3. The Morgan fingerprint density at radius 2 is 1.64 bits per heavy atom. The average Bonchev–Trinajstić information content (AvgIpc) is 3.08. The zero-order valence-corrected chi connectivity index (χ0v) is 20.9. The monoisotopic (exact) mass is 433 g/mol. The van der Waals surface area contributed by atoms with Crippen molar-refractivity contribution in [3.8, 4) is 0 Å². The minimum atomic E-state index is 0.514. The molecule has 3 aromatic heterocycles. The van der Waals surface area contributed by atoms with E-state index in [0.717, 1.165) is 6.42 Å². The number of fused-ring (bicyclic) bond motifs is 5. The smallest absolute Gasteiger partial charge is 0.224 e. The van der Waals surface area contributed by atoms with Gasteiger partial charge < -0.3 is 4.40 Å². The van der Waals surface area contributed by atoms with Gasteiger partial charge in [-0.15, -0.1) is 0 Å². The van der Waals surface area contributed by atoms with Gasteiger partial charge in [0.15, 0.2) is 6.20 Å². The van der Waals surface area contributed by atoms with E-state index < -0.39 is 0 Å². The van der Waals surface area contributed by atoms with Crippen LogP contribution in [0.5, 0.6) is 0 Å². The zero-order valence-electron chi connectivity index (χ0n) is 20.9. The Balaban J connectivity index is 1.97. The Labute approximate surface area is 195 Å². The Bertz CT molecular complexity index is 1710. The molecule has 0 aliphatic heterocycles. The van der Waals surface area contributed by atoms with Crippen LogP contribution in [0.1, 0.15) is 55.9 Å². The van der Waals surface area contributed by atoms with Crippen LogP contribution in [-0.2, 0) is 13.5 Å². The second-order valence-corrected chi connectivity index (χ2v) is 10.8.